The Morgan fingerprint density at radius 2 is 1.92 bits per heavy atom. The average molecular weight is 240 g/mol. The van der Waals surface area contributed by atoms with Crippen LogP contribution in [0.5, 0.6) is 5.75 Å². The van der Waals surface area contributed by atoms with Gasteiger partial charge in [0.1, 0.15) is 11.8 Å². The van der Waals surface area contributed by atoms with E-state index in [9.17, 15) is 0 Å². The predicted molar refractivity (Wildman–Crippen MR) is 54.7 cm³/mol. The van der Waals surface area contributed by atoms with Gasteiger partial charge in [-0.25, -0.2) is 0 Å². The fraction of sp³-hybridized carbons (Fsp3) is 0.300. The molecule has 0 fully saturated rings. The van der Waals surface area contributed by atoms with Crippen molar-refractivity contribution in [2.45, 2.75) is 13.8 Å². The summed E-state index contributed by atoms with van der Waals surface area (Å²) >= 11 is 3.39. The highest BCUT2D eigenvalue weighted by Gasteiger charge is 2.04. The van der Waals surface area contributed by atoms with E-state index in [0.717, 1.165) is 21.3 Å². The molecular weight excluding hydrogens is 230 g/mol. The lowest BCUT2D eigenvalue weighted by Gasteiger charge is -2.09. The van der Waals surface area contributed by atoms with Gasteiger partial charge in [-0.1, -0.05) is 15.9 Å². The van der Waals surface area contributed by atoms with Crippen LogP contribution >= 0.6 is 15.9 Å². The molecule has 0 heterocycles. The molecule has 0 amide bonds. The van der Waals surface area contributed by atoms with E-state index in [0.29, 0.717) is 0 Å². The Morgan fingerprint density at radius 3 is 2.38 bits per heavy atom. The Morgan fingerprint density at radius 1 is 1.38 bits per heavy atom. The predicted octanol–water partition coefficient (Wildman–Crippen LogP) is 2.97. The molecule has 0 N–H and O–H groups in total. The maximum absolute atomic E-state index is 8.38. The molecule has 13 heavy (non-hydrogen) atoms. The van der Waals surface area contributed by atoms with E-state index in [2.05, 4.69) is 15.9 Å². The van der Waals surface area contributed by atoms with E-state index < -0.39 is 0 Å². The van der Waals surface area contributed by atoms with Gasteiger partial charge in [0.25, 0.3) is 0 Å². The highest BCUT2D eigenvalue weighted by atomic mass is 79.9. The van der Waals surface area contributed by atoms with E-state index in [4.69, 9.17) is 10.00 Å². The van der Waals surface area contributed by atoms with Gasteiger partial charge in [0.15, 0.2) is 6.61 Å². The molecule has 2 nitrogen and oxygen atoms in total. The number of halogens is 1. The molecule has 0 radical (unpaired) electrons. The standard InChI is InChI=1S/C10H10BrNO/c1-7-5-9(11)6-8(2)10(7)13-4-3-12/h5-6H,4H2,1-2H3. The topological polar surface area (TPSA) is 33.0 Å². The molecule has 0 spiro atoms. The van der Waals surface area contributed by atoms with E-state index in [1.807, 2.05) is 32.0 Å². The summed E-state index contributed by atoms with van der Waals surface area (Å²) < 4.78 is 6.32. The summed E-state index contributed by atoms with van der Waals surface area (Å²) in [7, 11) is 0. The molecule has 1 rings (SSSR count). The highest BCUT2D eigenvalue weighted by Crippen LogP contribution is 2.26. The molecular formula is C10H10BrNO. The fourth-order valence-electron chi connectivity index (χ4n) is 1.23. The van der Waals surface area contributed by atoms with Gasteiger partial charge in [-0.3, -0.25) is 0 Å². The normalized spacial score (nSPS) is 9.38. The van der Waals surface area contributed by atoms with Crippen molar-refractivity contribution in [1.82, 2.24) is 0 Å². The lowest BCUT2D eigenvalue weighted by molar-refractivity contribution is 0.363. The summed E-state index contributed by atoms with van der Waals surface area (Å²) in [6, 6.07) is 5.90. The van der Waals surface area contributed by atoms with Gasteiger partial charge in [0.05, 0.1) is 0 Å². The van der Waals surface area contributed by atoms with Gasteiger partial charge in [0.2, 0.25) is 0 Å². The quantitative estimate of drug-likeness (QED) is 0.796. The van der Waals surface area contributed by atoms with Crippen molar-refractivity contribution >= 4 is 15.9 Å². The number of hydrogen-bond donors (Lipinski definition) is 0. The van der Waals surface area contributed by atoms with Gasteiger partial charge in [-0.15, -0.1) is 0 Å². The van der Waals surface area contributed by atoms with Gasteiger partial charge < -0.3 is 4.74 Å². The van der Waals surface area contributed by atoms with E-state index in [1.165, 1.54) is 0 Å². The largest absolute Gasteiger partial charge is 0.478 e. The molecule has 0 saturated carbocycles. The van der Waals surface area contributed by atoms with E-state index in [-0.39, 0.29) is 6.61 Å². The molecule has 3 heteroatoms. The summed E-state index contributed by atoms with van der Waals surface area (Å²) in [6.07, 6.45) is 0. The number of nitrogens with zero attached hydrogens (tertiary/aromatic N) is 1. The Kier molecular flexibility index (Phi) is 3.32. The first-order valence-electron chi connectivity index (χ1n) is 3.91. The van der Waals surface area contributed by atoms with Gasteiger partial charge in [-0.2, -0.15) is 5.26 Å². The van der Waals surface area contributed by atoms with Crippen molar-refractivity contribution in [2.24, 2.45) is 0 Å². The minimum Gasteiger partial charge on any atom is -0.478 e. The van der Waals surface area contributed by atoms with Crippen LogP contribution in [-0.2, 0) is 0 Å². The molecule has 0 saturated heterocycles. The number of aryl methyl sites for hydroxylation is 2. The smallest absolute Gasteiger partial charge is 0.174 e. The van der Waals surface area contributed by atoms with Crippen LogP contribution in [0.15, 0.2) is 16.6 Å². The van der Waals surface area contributed by atoms with Crippen LogP contribution in [0.4, 0.5) is 0 Å². The Hall–Kier alpha value is -1.01. The Bertz CT molecular complexity index is 331. The van der Waals surface area contributed by atoms with Gasteiger partial charge in [0, 0.05) is 4.47 Å². The second kappa shape index (κ2) is 4.29. The zero-order valence-electron chi connectivity index (χ0n) is 7.60. The minimum atomic E-state index is 0.101. The van der Waals surface area contributed by atoms with Crippen LogP contribution in [0.2, 0.25) is 0 Å². The van der Waals surface area contributed by atoms with Crippen LogP contribution < -0.4 is 4.74 Å². The maximum Gasteiger partial charge on any atom is 0.174 e. The number of nitriles is 1. The molecule has 0 aliphatic carbocycles. The lowest BCUT2D eigenvalue weighted by Crippen LogP contribution is -1.97. The van der Waals surface area contributed by atoms with E-state index >= 15 is 0 Å². The molecule has 0 aromatic heterocycles. The van der Waals surface area contributed by atoms with Crippen molar-refractivity contribution in [3.63, 3.8) is 0 Å². The molecule has 0 bridgehead atoms. The second-order valence-electron chi connectivity index (χ2n) is 2.82. The number of rotatable bonds is 2. The van der Waals surface area contributed by atoms with Crippen LogP contribution in [0.3, 0.4) is 0 Å². The molecule has 1 aromatic carbocycles. The van der Waals surface area contributed by atoms with Crippen molar-refractivity contribution in [1.29, 1.82) is 5.26 Å². The monoisotopic (exact) mass is 239 g/mol. The maximum atomic E-state index is 8.38. The van der Waals surface area contributed by atoms with Crippen LogP contribution in [-0.4, -0.2) is 6.61 Å². The lowest BCUT2D eigenvalue weighted by atomic mass is 10.1. The first kappa shape index (κ1) is 10.1. The third-order valence-electron chi connectivity index (χ3n) is 1.71. The van der Waals surface area contributed by atoms with Crippen molar-refractivity contribution in [2.75, 3.05) is 6.61 Å². The summed E-state index contributed by atoms with van der Waals surface area (Å²) in [6.45, 7) is 4.03. The molecule has 1 aromatic rings. The van der Waals surface area contributed by atoms with Crippen molar-refractivity contribution in [3.8, 4) is 11.8 Å². The summed E-state index contributed by atoms with van der Waals surface area (Å²) in [4.78, 5) is 0. The highest BCUT2D eigenvalue weighted by molar-refractivity contribution is 9.10. The second-order valence-corrected chi connectivity index (χ2v) is 3.73. The summed E-state index contributed by atoms with van der Waals surface area (Å²) in [5, 5.41) is 8.38. The van der Waals surface area contributed by atoms with Gasteiger partial charge >= 0.3 is 0 Å². The van der Waals surface area contributed by atoms with Gasteiger partial charge in [-0.05, 0) is 37.1 Å². The van der Waals surface area contributed by atoms with Crippen molar-refractivity contribution in [3.05, 3.63) is 27.7 Å². The molecule has 0 aliphatic heterocycles. The number of hydrogen-bond acceptors (Lipinski definition) is 2. The Labute approximate surface area is 86.3 Å². The van der Waals surface area contributed by atoms with Crippen LogP contribution in [0, 0.1) is 25.2 Å². The molecule has 0 aliphatic rings. The van der Waals surface area contributed by atoms with Crippen molar-refractivity contribution < 1.29 is 4.74 Å². The first-order valence-corrected chi connectivity index (χ1v) is 4.71. The Balaban J connectivity index is 3.00. The first-order chi connectivity index (χ1) is 6.15. The molecule has 0 atom stereocenters. The van der Waals surface area contributed by atoms with E-state index in [1.54, 1.807) is 0 Å². The zero-order valence-corrected chi connectivity index (χ0v) is 9.18. The fourth-order valence-corrected chi connectivity index (χ4v) is 1.92. The minimum absolute atomic E-state index is 0.101. The third kappa shape index (κ3) is 2.46. The molecule has 0 unspecified atom stereocenters. The summed E-state index contributed by atoms with van der Waals surface area (Å²) in [5.41, 5.74) is 2.09. The zero-order chi connectivity index (χ0) is 9.84. The number of benzene rings is 1. The average Bonchev–Trinajstić information content (AvgIpc) is 2.02. The number of ether oxygens (including phenoxy) is 1. The third-order valence-corrected chi connectivity index (χ3v) is 2.16. The van der Waals surface area contributed by atoms with Crippen LogP contribution in [0.1, 0.15) is 11.1 Å². The SMILES string of the molecule is Cc1cc(Br)cc(C)c1OCC#N. The van der Waals surface area contributed by atoms with Crippen LogP contribution in [0.25, 0.3) is 0 Å². The summed E-state index contributed by atoms with van der Waals surface area (Å²) in [5.74, 6) is 0.810. The molecule has 68 valence electrons.